The number of hydrogen-bond acceptors (Lipinski definition) is 3. The van der Waals surface area contributed by atoms with Gasteiger partial charge in [0.1, 0.15) is 5.75 Å². The molecule has 0 spiro atoms. The van der Waals surface area contributed by atoms with Gasteiger partial charge in [0.15, 0.2) is 0 Å². The summed E-state index contributed by atoms with van der Waals surface area (Å²) in [5.74, 6) is 0.945. The highest BCUT2D eigenvalue weighted by Gasteiger charge is 2.46. The molecule has 0 saturated carbocycles. The van der Waals surface area contributed by atoms with Gasteiger partial charge in [-0.15, -0.1) is 0 Å². The Labute approximate surface area is 131 Å². The molecule has 1 aromatic rings. The van der Waals surface area contributed by atoms with Crippen LogP contribution in [0.1, 0.15) is 57.1 Å². The van der Waals surface area contributed by atoms with Crippen molar-refractivity contribution in [1.82, 2.24) is 5.43 Å². The lowest BCUT2D eigenvalue weighted by atomic mass is 9.71. The number of aryl methyl sites for hydroxylation is 1. The van der Waals surface area contributed by atoms with Crippen LogP contribution in [0.4, 0.5) is 0 Å². The molecule has 0 radical (unpaired) electrons. The van der Waals surface area contributed by atoms with Gasteiger partial charge in [0.2, 0.25) is 0 Å². The second-order valence-electron chi connectivity index (χ2n) is 6.46. The van der Waals surface area contributed by atoms with Crippen LogP contribution in [0.25, 0.3) is 0 Å². The Kier molecular flexibility index (Phi) is 4.19. The number of fused-ring (bicyclic) bond motifs is 3. The van der Waals surface area contributed by atoms with Gasteiger partial charge in [-0.2, -0.15) is 5.10 Å². The molecule has 0 saturated heterocycles. The molecule has 2 aliphatic rings. The number of amides is 1. The largest absolute Gasteiger partial charge is 0.494 e. The number of hydrazone groups is 1. The quantitative estimate of drug-likeness (QED) is 0.818. The highest BCUT2D eigenvalue weighted by Crippen LogP contribution is 2.39. The van der Waals surface area contributed by atoms with Gasteiger partial charge >= 0.3 is 0 Å². The van der Waals surface area contributed by atoms with E-state index in [1.54, 1.807) is 0 Å². The second kappa shape index (κ2) is 6.11. The molecule has 4 nitrogen and oxygen atoms in total. The van der Waals surface area contributed by atoms with Gasteiger partial charge in [0, 0.05) is 5.56 Å². The van der Waals surface area contributed by atoms with Crippen molar-refractivity contribution in [3.8, 4) is 5.75 Å². The first-order valence-electron chi connectivity index (χ1n) is 8.30. The van der Waals surface area contributed by atoms with Crippen molar-refractivity contribution >= 4 is 11.6 Å². The molecule has 1 aromatic carbocycles. The zero-order chi connectivity index (χ0) is 15.6. The minimum Gasteiger partial charge on any atom is -0.494 e. The maximum absolute atomic E-state index is 12.0. The van der Waals surface area contributed by atoms with E-state index in [2.05, 4.69) is 23.5 Å². The number of rotatable bonds is 6. The van der Waals surface area contributed by atoms with Gasteiger partial charge in [-0.3, -0.25) is 4.79 Å². The summed E-state index contributed by atoms with van der Waals surface area (Å²) in [4.78, 5) is 12.0. The zero-order valence-electron chi connectivity index (χ0n) is 13.4. The van der Waals surface area contributed by atoms with Crippen LogP contribution in [0.15, 0.2) is 23.3 Å². The minimum absolute atomic E-state index is 0.0180. The maximum atomic E-state index is 12.0. The van der Waals surface area contributed by atoms with Gasteiger partial charge in [0.25, 0.3) is 5.91 Å². The van der Waals surface area contributed by atoms with Gasteiger partial charge < -0.3 is 4.74 Å². The summed E-state index contributed by atoms with van der Waals surface area (Å²) in [6, 6.07) is 6.16. The van der Waals surface area contributed by atoms with Crippen LogP contribution in [0.3, 0.4) is 0 Å². The van der Waals surface area contributed by atoms with Crippen LogP contribution in [0, 0.1) is 5.41 Å². The number of nitrogens with zero attached hydrogens (tertiary/aromatic N) is 1. The smallest absolute Gasteiger partial charge is 0.252 e. The number of carbonyl (C=O) groups excluding carboxylic acids is 1. The Morgan fingerprint density at radius 2 is 2.18 bits per heavy atom. The molecule has 1 N–H and O–H groups in total. The van der Waals surface area contributed by atoms with Crippen molar-refractivity contribution in [3.05, 3.63) is 29.3 Å². The Hall–Kier alpha value is -1.84. The van der Waals surface area contributed by atoms with Crippen molar-refractivity contribution in [2.24, 2.45) is 10.5 Å². The molecule has 1 atom stereocenters. The molecule has 0 aromatic heterocycles. The average molecular weight is 300 g/mol. The number of unbranched alkanes of at least 4 members (excludes halogenated alkanes) is 3. The second-order valence-corrected chi connectivity index (χ2v) is 6.46. The first-order valence-corrected chi connectivity index (χ1v) is 8.30. The summed E-state index contributed by atoms with van der Waals surface area (Å²) < 4.78 is 5.85. The fourth-order valence-corrected chi connectivity index (χ4v) is 3.25. The predicted molar refractivity (Wildman–Crippen MR) is 87.2 cm³/mol. The van der Waals surface area contributed by atoms with Gasteiger partial charge in [-0.1, -0.05) is 26.2 Å². The standard InChI is InChI=1S/C18H24N2O2/c1-3-4-5-6-11-22-14-7-8-15-13(12-14)9-10-18(2)16(15)19-20-17(18)21/h7-8,12H,3-6,9-11H2,1-2H3,(H,20,21)/t18-/m0/s1. The summed E-state index contributed by atoms with van der Waals surface area (Å²) in [6.07, 6.45) is 6.55. The van der Waals surface area contributed by atoms with Crippen molar-refractivity contribution in [1.29, 1.82) is 0 Å². The predicted octanol–water partition coefficient (Wildman–Crippen LogP) is 3.43. The van der Waals surface area contributed by atoms with Gasteiger partial charge in [-0.05, 0) is 49.9 Å². The summed E-state index contributed by atoms with van der Waals surface area (Å²) in [6.45, 7) is 4.97. The zero-order valence-corrected chi connectivity index (χ0v) is 13.4. The summed E-state index contributed by atoms with van der Waals surface area (Å²) in [5.41, 5.74) is 5.37. The fourth-order valence-electron chi connectivity index (χ4n) is 3.25. The van der Waals surface area contributed by atoms with Crippen molar-refractivity contribution in [3.63, 3.8) is 0 Å². The van der Waals surface area contributed by atoms with E-state index in [0.717, 1.165) is 42.9 Å². The molecule has 1 amide bonds. The van der Waals surface area contributed by atoms with Crippen molar-refractivity contribution in [2.75, 3.05) is 6.61 Å². The molecule has 22 heavy (non-hydrogen) atoms. The molecule has 0 fully saturated rings. The molecule has 3 rings (SSSR count). The molecule has 1 aliphatic carbocycles. The van der Waals surface area contributed by atoms with E-state index in [1.807, 2.05) is 19.1 Å². The minimum atomic E-state index is -0.463. The number of carbonyl (C=O) groups is 1. The topological polar surface area (TPSA) is 50.7 Å². The Balaban J connectivity index is 1.69. The lowest BCUT2D eigenvalue weighted by Crippen LogP contribution is -2.39. The highest BCUT2D eigenvalue weighted by molar-refractivity contribution is 6.20. The normalized spacial score (nSPS) is 22.6. The van der Waals surface area contributed by atoms with Gasteiger partial charge in [-0.25, -0.2) is 5.43 Å². The molecule has 1 aliphatic heterocycles. The van der Waals surface area contributed by atoms with Crippen molar-refractivity contribution < 1.29 is 9.53 Å². The first kappa shape index (κ1) is 15.1. The van der Waals surface area contributed by atoms with Gasteiger partial charge in [0.05, 0.1) is 17.7 Å². The van der Waals surface area contributed by atoms with Crippen LogP contribution in [-0.2, 0) is 11.2 Å². The van der Waals surface area contributed by atoms with Crippen LogP contribution >= 0.6 is 0 Å². The average Bonchev–Trinajstić information content (AvgIpc) is 2.83. The highest BCUT2D eigenvalue weighted by atomic mass is 16.5. The molecule has 1 heterocycles. The lowest BCUT2D eigenvalue weighted by Gasteiger charge is -2.29. The number of ether oxygens (including phenoxy) is 1. The number of nitrogens with one attached hydrogen (secondary N) is 1. The molecule has 0 bridgehead atoms. The third-order valence-corrected chi connectivity index (χ3v) is 4.79. The van der Waals surface area contributed by atoms with E-state index < -0.39 is 5.41 Å². The molecule has 0 unspecified atom stereocenters. The first-order chi connectivity index (χ1) is 10.6. The SMILES string of the molecule is CCCCCCOc1ccc2c(c1)CC[C@]1(C)C(=O)NN=C21. The molecular formula is C18H24N2O2. The van der Waals surface area contributed by atoms with Crippen LogP contribution < -0.4 is 10.2 Å². The van der Waals surface area contributed by atoms with E-state index in [1.165, 1.54) is 24.8 Å². The molecule has 4 heteroatoms. The van der Waals surface area contributed by atoms with E-state index >= 15 is 0 Å². The van der Waals surface area contributed by atoms with E-state index in [0.29, 0.717) is 0 Å². The molecule has 118 valence electrons. The van der Waals surface area contributed by atoms with Crippen LogP contribution in [-0.4, -0.2) is 18.2 Å². The number of hydrogen-bond donors (Lipinski definition) is 1. The third kappa shape index (κ3) is 2.62. The fraction of sp³-hybridized carbons (Fsp3) is 0.556. The summed E-state index contributed by atoms with van der Waals surface area (Å²) in [7, 11) is 0. The lowest BCUT2D eigenvalue weighted by molar-refractivity contribution is -0.125. The van der Waals surface area contributed by atoms with Crippen molar-refractivity contribution in [2.45, 2.75) is 52.4 Å². The molecular weight excluding hydrogens is 276 g/mol. The third-order valence-electron chi connectivity index (χ3n) is 4.79. The van der Waals surface area contributed by atoms with Crippen LogP contribution in [0.5, 0.6) is 5.75 Å². The van der Waals surface area contributed by atoms with E-state index in [9.17, 15) is 4.79 Å². The number of benzene rings is 1. The Bertz CT molecular complexity index is 609. The summed E-state index contributed by atoms with van der Waals surface area (Å²) >= 11 is 0. The Morgan fingerprint density at radius 3 is 3.00 bits per heavy atom. The summed E-state index contributed by atoms with van der Waals surface area (Å²) in [5, 5.41) is 4.25. The van der Waals surface area contributed by atoms with Crippen LogP contribution in [0.2, 0.25) is 0 Å². The maximum Gasteiger partial charge on any atom is 0.252 e. The monoisotopic (exact) mass is 300 g/mol. The van der Waals surface area contributed by atoms with E-state index in [4.69, 9.17) is 4.74 Å². The Morgan fingerprint density at radius 1 is 1.32 bits per heavy atom. The van der Waals surface area contributed by atoms with E-state index in [-0.39, 0.29) is 5.91 Å².